The molecule has 0 unspecified atom stereocenters. The molecule has 1 aromatic rings. The molecule has 0 saturated carbocycles. The number of hydrogen-bond acceptors (Lipinski definition) is 2. The zero-order chi connectivity index (χ0) is 10.7. The summed E-state index contributed by atoms with van der Waals surface area (Å²) in [5, 5.41) is 0. The summed E-state index contributed by atoms with van der Waals surface area (Å²) in [6, 6.07) is 5.65. The van der Waals surface area contributed by atoms with Crippen molar-refractivity contribution < 1.29 is 4.79 Å². The third-order valence-electron chi connectivity index (χ3n) is 1.78. The van der Waals surface area contributed by atoms with Crippen molar-refractivity contribution in [1.82, 2.24) is 0 Å². The van der Waals surface area contributed by atoms with Gasteiger partial charge < -0.3 is 5.73 Å². The van der Waals surface area contributed by atoms with Gasteiger partial charge in [0.15, 0.2) is 0 Å². The third kappa shape index (κ3) is 2.89. The molecule has 0 heterocycles. The number of primary amides is 1. The minimum atomic E-state index is -0.462. The number of hydrogen-bond donors (Lipinski definition) is 2. The number of benzene rings is 1. The van der Waals surface area contributed by atoms with E-state index < -0.39 is 5.91 Å². The summed E-state index contributed by atoms with van der Waals surface area (Å²) in [5.74, 6) is -0.462. The van der Waals surface area contributed by atoms with E-state index in [-0.39, 0.29) is 0 Å². The summed E-state index contributed by atoms with van der Waals surface area (Å²) in [6.45, 7) is 3.59. The minimum absolute atomic E-state index is 0.406. The Kier molecular flexibility index (Phi) is 3.77. The monoisotopic (exact) mass is 271 g/mol. The van der Waals surface area contributed by atoms with Crippen LogP contribution in [0.25, 0.3) is 0 Å². The Bertz CT molecular complexity index is 390. The van der Waals surface area contributed by atoms with Crippen molar-refractivity contribution in [3.63, 3.8) is 0 Å². The maximum absolute atomic E-state index is 10.8. The summed E-state index contributed by atoms with van der Waals surface area (Å²) < 4.78 is 0.899. The van der Waals surface area contributed by atoms with Crippen LogP contribution in [0, 0.1) is 0 Å². The van der Waals surface area contributed by atoms with E-state index >= 15 is 0 Å². The zero-order valence-corrected chi connectivity index (χ0v) is 9.94. The van der Waals surface area contributed by atoms with E-state index in [1.165, 1.54) is 0 Å². The highest BCUT2D eigenvalue weighted by molar-refractivity contribution is 9.10. The van der Waals surface area contributed by atoms with Crippen molar-refractivity contribution in [2.45, 2.75) is 11.3 Å². The van der Waals surface area contributed by atoms with Crippen LogP contribution in [0.5, 0.6) is 0 Å². The number of amides is 1. The second-order valence-electron chi connectivity index (χ2n) is 2.93. The first-order valence-corrected chi connectivity index (χ1v) is 5.19. The van der Waals surface area contributed by atoms with Gasteiger partial charge in [-0.15, -0.1) is 12.6 Å². The molecule has 0 aliphatic carbocycles. The van der Waals surface area contributed by atoms with Crippen molar-refractivity contribution in [3.8, 4) is 0 Å². The van der Waals surface area contributed by atoms with Crippen molar-refractivity contribution >= 4 is 34.5 Å². The SMILES string of the molecule is C=C(Cc1ccc(S)c(Br)c1)C(N)=O. The molecule has 0 fully saturated rings. The van der Waals surface area contributed by atoms with Crippen LogP contribution in [0.1, 0.15) is 5.56 Å². The quantitative estimate of drug-likeness (QED) is 0.643. The largest absolute Gasteiger partial charge is 0.366 e. The van der Waals surface area contributed by atoms with Crippen LogP contribution >= 0.6 is 28.6 Å². The lowest BCUT2D eigenvalue weighted by Gasteiger charge is -2.03. The summed E-state index contributed by atoms with van der Waals surface area (Å²) in [7, 11) is 0. The van der Waals surface area contributed by atoms with Gasteiger partial charge in [-0.3, -0.25) is 4.79 Å². The molecule has 14 heavy (non-hydrogen) atoms. The fourth-order valence-electron chi connectivity index (χ4n) is 0.994. The van der Waals surface area contributed by atoms with Crippen LogP contribution in [0.15, 0.2) is 39.7 Å². The molecule has 0 aromatic heterocycles. The predicted molar refractivity (Wildman–Crippen MR) is 63.4 cm³/mol. The van der Waals surface area contributed by atoms with Gasteiger partial charge in [0, 0.05) is 21.4 Å². The fourth-order valence-corrected chi connectivity index (χ4v) is 1.56. The normalized spacial score (nSPS) is 9.86. The molecule has 0 saturated heterocycles. The molecule has 0 atom stereocenters. The fraction of sp³-hybridized carbons (Fsp3) is 0.100. The molecule has 2 N–H and O–H groups in total. The first-order chi connectivity index (χ1) is 6.50. The van der Waals surface area contributed by atoms with E-state index in [1.54, 1.807) is 0 Å². The van der Waals surface area contributed by atoms with Gasteiger partial charge in [-0.2, -0.15) is 0 Å². The number of halogens is 1. The van der Waals surface area contributed by atoms with Crippen LogP contribution in [0.3, 0.4) is 0 Å². The molecule has 74 valence electrons. The maximum Gasteiger partial charge on any atom is 0.244 e. The Hall–Kier alpha value is -0.740. The van der Waals surface area contributed by atoms with Gasteiger partial charge >= 0.3 is 0 Å². The van der Waals surface area contributed by atoms with E-state index in [9.17, 15) is 4.79 Å². The van der Waals surface area contributed by atoms with Gasteiger partial charge in [0.1, 0.15) is 0 Å². The molecular formula is C10H10BrNOS. The Morgan fingerprint density at radius 1 is 1.57 bits per heavy atom. The molecule has 4 heteroatoms. The van der Waals surface area contributed by atoms with Crippen LogP contribution in [0.4, 0.5) is 0 Å². The summed E-state index contributed by atoms with van der Waals surface area (Å²) >= 11 is 7.57. The zero-order valence-electron chi connectivity index (χ0n) is 7.46. The minimum Gasteiger partial charge on any atom is -0.366 e. The molecule has 0 radical (unpaired) electrons. The highest BCUT2D eigenvalue weighted by Gasteiger charge is 2.04. The number of rotatable bonds is 3. The average molecular weight is 272 g/mol. The highest BCUT2D eigenvalue weighted by atomic mass is 79.9. The van der Waals surface area contributed by atoms with E-state index in [0.717, 1.165) is 14.9 Å². The van der Waals surface area contributed by atoms with Crippen LogP contribution in [-0.4, -0.2) is 5.91 Å². The van der Waals surface area contributed by atoms with Gasteiger partial charge in [-0.05, 0) is 33.6 Å². The third-order valence-corrected chi connectivity index (χ3v) is 3.13. The molecule has 1 amide bonds. The van der Waals surface area contributed by atoms with Gasteiger partial charge in [-0.25, -0.2) is 0 Å². The summed E-state index contributed by atoms with van der Waals surface area (Å²) in [4.78, 5) is 11.6. The van der Waals surface area contributed by atoms with Gasteiger partial charge in [0.05, 0.1) is 0 Å². The number of nitrogens with two attached hydrogens (primary N) is 1. The summed E-state index contributed by atoms with van der Waals surface area (Å²) in [5.41, 5.74) is 6.48. The predicted octanol–water partition coefficient (Wildman–Crippen LogP) is 2.32. The smallest absolute Gasteiger partial charge is 0.244 e. The molecule has 0 bridgehead atoms. The highest BCUT2D eigenvalue weighted by Crippen LogP contribution is 2.22. The average Bonchev–Trinajstić information content (AvgIpc) is 2.11. The standard InChI is InChI=1S/C10H10BrNOS/c1-6(10(12)13)4-7-2-3-9(14)8(11)5-7/h2-3,5,14H,1,4H2,(H2,12,13). The first-order valence-electron chi connectivity index (χ1n) is 3.95. The lowest BCUT2D eigenvalue weighted by Crippen LogP contribution is -2.14. The lowest BCUT2D eigenvalue weighted by atomic mass is 10.1. The second kappa shape index (κ2) is 4.66. The lowest BCUT2D eigenvalue weighted by molar-refractivity contribution is -0.114. The number of carbonyl (C=O) groups excluding carboxylic acids is 1. The van der Waals surface area contributed by atoms with Gasteiger partial charge in [0.2, 0.25) is 5.91 Å². The number of carbonyl (C=O) groups is 1. The Morgan fingerprint density at radius 3 is 2.71 bits per heavy atom. The molecule has 2 nitrogen and oxygen atoms in total. The van der Waals surface area contributed by atoms with Crippen molar-refractivity contribution in [3.05, 3.63) is 40.4 Å². The Labute approximate surface area is 96.7 Å². The molecular weight excluding hydrogens is 262 g/mol. The number of thiol groups is 1. The van der Waals surface area contributed by atoms with Crippen molar-refractivity contribution in [2.24, 2.45) is 5.73 Å². The first kappa shape index (κ1) is 11.3. The van der Waals surface area contributed by atoms with Gasteiger partial charge in [-0.1, -0.05) is 12.6 Å². The van der Waals surface area contributed by atoms with Crippen molar-refractivity contribution in [1.29, 1.82) is 0 Å². The van der Waals surface area contributed by atoms with Crippen molar-refractivity contribution in [2.75, 3.05) is 0 Å². The molecule has 0 aliphatic rings. The molecule has 1 rings (SSSR count). The topological polar surface area (TPSA) is 43.1 Å². The molecule has 0 aliphatic heterocycles. The van der Waals surface area contributed by atoms with Gasteiger partial charge in [0.25, 0.3) is 0 Å². The molecule has 0 spiro atoms. The van der Waals surface area contributed by atoms with E-state index in [2.05, 4.69) is 35.1 Å². The van der Waals surface area contributed by atoms with E-state index in [1.807, 2.05) is 18.2 Å². The maximum atomic E-state index is 10.8. The van der Waals surface area contributed by atoms with Crippen LogP contribution in [-0.2, 0) is 11.2 Å². The van der Waals surface area contributed by atoms with Crippen LogP contribution in [0.2, 0.25) is 0 Å². The van der Waals surface area contributed by atoms with Crippen LogP contribution < -0.4 is 5.73 Å². The summed E-state index contributed by atoms with van der Waals surface area (Å²) in [6.07, 6.45) is 0.474. The van der Waals surface area contributed by atoms with E-state index in [4.69, 9.17) is 5.73 Å². The molecule has 1 aromatic carbocycles. The second-order valence-corrected chi connectivity index (χ2v) is 4.27. The Balaban J connectivity index is 2.83. The van der Waals surface area contributed by atoms with E-state index in [0.29, 0.717) is 12.0 Å². The Morgan fingerprint density at radius 2 is 2.21 bits per heavy atom.